The third-order valence-electron chi connectivity index (χ3n) is 3.03. The second-order valence-corrected chi connectivity index (χ2v) is 5.48. The lowest BCUT2D eigenvalue weighted by Gasteiger charge is -2.07. The maximum absolute atomic E-state index is 13.2. The van der Waals surface area contributed by atoms with Gasteiger partial charge >= 0.3 is 5.69 Å². The molecule has 1 fully saturated rings. The van der Waals surface area contributed by atoms with E-state index in [1.165, 1.54) is 23.9 Å². The Bertz CT molecular complexity index is 662. The monoisotopic (exact) mass is 280 g/mol. The predicted molar refractivity (Wildman–Crippen MR) is 69.5 cm³/mol. The van der Waals surface area contributed by atoms with E-state index < -0.39 is 0 Å². The number of rotatable bonds is 4. The zero-order valence-corrected chi connectivity index (χ0v) is 10.9. The molecule has 5 nitrogen and oxygen atoms in total. The fourth-order valence-corrected chi connectivity index (χ4v) is 2.95. The van der Waals surface area contributed by atoms with Crippen LogP contribution in [0.3, 0.4) is 0 Å². The zero-order chi connectivity index (χ0) is 13.4. The molecule has 1 aromatic heterocycles. The molecule has 0 bridgehead atoms. The molecule has 1 aliphatic carbocycles. The second kappa shape index (κ2) is 4.82. The Balaban J connectivity index is 1.95. The first-order chi connectivity index (χ1) is 9.19. The van der Waals surface area contributed by atoms with Gasteiger partial charge in [-0.25, -0.2) is 14.3 Å². The molecule has 0 aliphatic heterocycles. The van der Waals surface area contributed by atoms with Gasteiger partial charge in [-0.1, -0.05) is 0 Å². The fourth-order valence-electron chi connectivity index (χ4n) is 1.92. The van der Waals surface area contributed by atoms with Crippen molar-refractivity contribution in [2.75, 3.05) is 0 Å². The summed E-state index contributed by atoms with van der Waals surface area (Å²) in [6, 6.07) is 4.71. The van der Waals surface area contributed by atoms with E-state index in [-0.39, 0.29) is 24.1 Å². The summed E-state index contributed by atoms with van der Waals surface area (Å²) in [4.78, 5) is 12.5. The molecule has 0 spiro atoms. The van der Waals surface area contributed by atoms with E-state index in [0.717, 1.165) is 17.7 Å². The Morgan fingerprint density at radius 3 is 3.00 bits per heavy atom. The van der Waals surface area contributed by atoms with E-state index in [2.05, 4.69) is 10.2 Å². The normalized spacial score (nSPS) is 14.8. The van der Waals surface area contributed by atoms with Crippen molar-refractivity contribution in [1.82, 2.24) is 14.8 Å². The van der Waals surface area contributed by atoms with Gasteiger partial charge in [0.1, 0.15) is 5.82 Å². The van der Waals surface area contributed by atoms with Gasteiger partial charge in [0.05, 0.1) is 0 Å². The van der Waals surface area contributed by atoms with Crippen molar-refractivity contribution in [2.24, 2.45) is 5.73 Å². The van der Waals surface area contributed by atoms with E-state index in [9.17, 15) is 9.18 Å². The number of benzene rings is 1. The van der Waals surface area contributed by atoms with E-state index >= 15 is 0 Å². The molecule has 1 heterocycles. The van der Waals surface area contributed by atoms with Gasteiger partial charge in [0.2, 0.25) is 0 Å². The standard InChI is InChI=1S/C12H13FN4OS/c13-8-1-4-10(7(5-8)6-14)19-12-16-15-11(18)17(12)9-2-3-9/h1,4-5,9H,2-3,6,14H2,(H,15,18). The number of aromatic amines is 1. The molecule has 0 radical (unpaired) electrons. The minimum atomic E-state index is -0.314. The van der Waals surface area contributed by atoms with Crippen LogP contribution in [0, 0.1) is 5.82 Å². The van der Waals surface area contributed by atoms with Gasteiger partial charge < -0.3 is 5.73 Å². The van der Waals surface area contributed by atoms with Crippen LogP contribution in [0.5, 0.6) is 0 Å². The number of nitrogens with two attached hydrogens (primary N) is 1. The molecule has 3 N–H and O–H groups in total. The van der Waals surface area contributed by atoms with Gasteiger partial charge in [-0.15, -0.1) is 5.10 Å². The Morgan fingerprint density at radius 2 is 2.32 bits per heavy atom. The van der Waals surface area contributed by atoms with Crippen LogP contribution in [0.4, 0.5) is 4.39 Å². The fraction of sp³-hybridized carbons (Fsp3) is 0.333. The predicted octanol–water partition coefficient (Wildman–Crippen LogP) is 1.66. The lowest BCUT2D eigenvalue weighted by molar-refractivity contribution is 0.623. The van der Waals surface area contributed by atoms with Crippen LogP contribution < -0.4 is 11.4 Å². The minimum absolute atomic E-state index is 0.193. The van der Waals surface area contributed by atoms with Crippen molar-refractivity contribution >= 4 is 11.8 Å². The molecule has 1 saturated carbocycles. The molecule has 1 aromatic carbocycles. The molecule has 19 heavy (non-hydrogen) atoms. The van der Waals surface area contributed by atoms with E-state index in [0.29, 0.717) is 10.7 Å². The number of halogens is 1. The SMILES string of the molecule is NCc1cc(F)ccc1Sc1n[nH]c(=O)n1C1CC1. The Hall–Kier alpha value is -1.60. The first kappa shape index (κ1) is 12.4. The van der Waals surface area contributed by atoms with E-state index in [1.54, 1.807) is 10.6 Å². The van der Waals surface area contributed by atoms with Crippen molar-refractivity contribution in [1.29, 1.82) is 0 Å². The van der Waals surface area contributed by atoms with Crippen molar-refractivity contribution in [3.05, 3.63) is 40.1 Å². The van der Waals surface area contributed by atoms with Crippen LogP contribution in [-0.4, -0.2) is 14.8 Å². The van der Waals surface area contributed by atoms with Gasteiger partial charge in [-0.3, -0.25) is 4.57 Å². The van der Waals surface area contributed by atoms with Gasteiger partial charge in [-0.05, 0) is 48.4 Å². The quantitative estimate of drug-likeness (QED) is 0.893. The van der Waals surface area contributed by atoms with Crippen molar-refractivity contribution in [3.8, 4) is 0 Å². The summed E-state index contributed by atoms with van der Waals surface area (Å²) >= 11 is 1.34. The minimum Gasteiger partial charge on any atom is -0.326 e. The Kier molecular flexibility index (Phi) is 3.16. The molecule has 1 aliphatic rings. The largest absolute Gasteiger partial charge is 0.344 e. The van der Waals surface area contributed by atoms with Crippen LogP contribution >= 0.6 is 11.8 Å². The van der Waals surface area contributed by atoms with Gasteiger partial charge in [-0.2, -0.15) is 0 Å². The number of nitrogens with zero attached hydrogens (tertiary/aromatic N) is 2. The highest BCUT2D eigenvalue weighted by atomic mass is 32.2. The summed E-state index contributed by atoms with van der Waals surface area (Å²) in [5.41, 5.74) is 6.13. The van der Waals surface area contributed by atoms with Crippen LogP contribution in [0.25, 0.3) is 0 Å². The summed E-state index contributed by atoms with van der Waals surface area (Å²) in [7, 11) is 0. The topological polar surface area (TPSA) is 76.7 Å². The van der Waals surface area contributed by atoms with Gasteiger partial charge in [0, 0.05) is 17.5 Å². The lowest BCUT2D eigenvalue weighted by atomic mass is 10.2. The smallest absolute Gasteiger partial charge is 0.326 e. The van der Waals surface area contributed by atoms with E-state index in [4.69, 9.17) is 5.73 Å². The highest BCUT2D eigenvalue weighted by Gasteiger charge is 2.28. The molecule has 100 valence electrons. The van der Waals surface area contributed by atoms with Crippen LogP contribution in [0.1, 0.15) is 24.4 Å². The molecule has 3 rings (SSSR count). The van der Waals surface area contributed by atoms with Crippen molar-refractivity contribution in [2.45, 2.75) is 35.5 Å². The molecule has 0 amide bonds. The summed E-state index contributed by atoms with van der Waals surface area (Å²) in [5, 5.41) is 7.09. The number of hydrogen-bond donors (Lipinski definition) is 2. The zero-order valence-electron chi connectivity index (χ0n) is 10.1. The van der Waals surface area contributed by atoms with Crippen LogP contribution in [0.15, 0.2) is 33.0 Å². The van der Waals surface area contributed by atoms with Crippen molar-refractivity contribution in [3.63, 3.8) is 0 Å². The lowest BCUT2D eigenvalue weighted by Crippen LogP contribution is -2.16. The van der Waals surface area contributed by atoms with Gasteiger partial charge in [0.15, 0.2) is 5.16 Å². The average Bonchev–Trinajstić information content (AvgIpc) is 3.17. The maximum atomic E-state index is 13.2. The highest BCUT2D eigenvalue weighted by molar-refractivity contribution is 7.99. The summed E-state index contributed by atoms with van der Waals surface area (Å²) < 4.78 is 14.8. The number of hydrogen-bond acceptors (Lipinski definition) is 4. The molecule has 7 heteroatoms. The van der Waals surface area contributed by atoms with Crippen LogP contribution in [-0.2, 0) is 6.54 Å². The molecular formula is C12H13FN4OS. The Labute approximate surface area is 113 Å². The molecule has 2 aromatic rings. The number of H-pyrrole nitrogens is 1. The van der Waals surface area contributed by atoms with E-state index in [1.807, 2.05) is 0 Å². The number of nitrogens with one attached hydrogen (secondary N) is 1. The third-order valence-corrected chi connectivity index (χ3v) is 4.12. The molecule has 0 unspecified atom stereocenters. The molecule has 0 saturated heterocycles. The maximum Gasteiger partial charge on any atom is 0.344 e. The molecule has 0 atom stereocenters. The summed E-state index contributed by atoms with van der Waals surface area (Å²) in [6.45, 7) is 0.248. The first-order valence-electron chi connectivity index (χ1n) is 6.02. The van der Waals surface area contributed by atoms with Crippen molar-refractivity contribution < 1.29 is 4.39 Å². The summed E-state index contributed by atoms with van der Waals surface area (Å²) in [6.07, 6.45) is 2.00. The summed E-state index contributed by atoms with van der Waals surface area (Å²) in [5.74, 6) is -0.314. The Morgan fingerprint density at radius 1 is 1.53 bits per heavy atom. The van der Waals surface area contributed by atoms with Gasteiger partial charge in [0.25, 0.3) is 0 Å². The second-order valence-electron chi connectivity index (χ2n) is 4.47. The van der Waals surface area contributed by atoms with Crippen LogP contribution in [0.2, 0.25) is 0 Å². The first-order valence-corrected chi connectivity index (χ1v) is 6.84. The third kappa shape index (κ3) is 2.43. The number of aromatic nitrogens is 3. The average molecular weight is 280 g/mol. The highest BCUT2D eigenvalue weighted by Crippen LogP contribution is 2.38. The molecular weight excluding hydrogens is 267 g/mol.